The zero-order valence-corrected chi connectivity index (χ0v) is 14.4. The molecule has 2 rings (SSSR count). The van der Waals surface area contributed by atoms with Crippen molar-refractivity contribution >= 4 is 23.4 Å². The number of likely N-dealkylation sites (N-methyl/N-ethyl adjacent to an activating group) is 1. The highest BCUT2D eigenvalue weighted by Crippen LogP contribution is 2.16. The molecule has 0 saturated carbocycles. The van der Waals surface area contributed by atoms with Crippen LogP contribution in [-0.2, 0) is 14.4 Å². The number of carbonyl (C=O) groups is 3. The zero-order chi connectivity index (χ0) is 17.7. The number of carbonyl (C=O) groups excluding carboxylic acids is 3. The van der Waals surface area contributed by atoms with Crippen LogP contribution >= 0.6 is 0 Å². The van der Waals surface area contributed by atoms with Gasteiger partial charge in [-0.15, -0.1) is 0 Å². The summed E-state index contributed by atoms with van der Waals surface area (Å²) in [6.45, 7) is 5.40. The Morgan fingerprint density at radius 1 is 1.33 bits per heavy atom. The Labute approximate surface area is 142 Å². The molecule has 1 aromatic rings. The molecule has 0 spiro atoms. The summed E-state index contributed by atoms with van der Waals surface area (Å²) in [6, 6.07) is 5.83. The standard InChI is InChI=1S/C17H24N4O3/c1-12-4-5-13(2)14(8-12)19-16(23)9-20(3)17(24)11-21-7-6-18-15(22)10-21/h4-5,8H,6-7,9-11H2,1-3H3,(H,18,22)(H,19,23). The lowest BCUT2D eigenvalue weighted by Crippen LogP contribution is -2.51. The summed E-state index contributed by atoms with van der Waals surface area (Å²) in [5.41, 5.74) is 2.79. The van der Waals surface area contributed by atoms with Crippen molar-refractivity contribution in [1.82, 2.24) is 15.1 Å². The maximum Gasteiger partial charge on any atom is 0.243 e. The zero-order valence-electron chi connectivity index (χ0n) is 14.4. The second-order valence-corrected chi connectivity index (χ2v) is 6.18. The smallest absolute Gasteiger partial charge is 0.243 e. The fraction of sp³-hybridized carbons (Fsp3) is 0.471. The van der Waals surface area contributed by atoms with Gasteiger partial charge in [0.1, 0.15) is 0 Å². The fourth-order valence-corrected chi connectivity index (χ4v) is 2.50. The minimum Gasteiger partial charge on any atom is -0.354 e. The molecule has 2 N–H and O–H groups in total. The first-order valence-electron chi connectivity index (χ1n) is 7.95. The van der Waals surface area contributed by atoms with E-state index in [1.165, 1.54) is 4.90 Å². The minimum absolute atomic E-state index is 0.0216. The molecule has 0 unspecified atom stereocenters. The van der Waals surface area contributed by atoms with Crippen molar-refractivity contribution in [1.29, 1.82) is 0 Å². The first-order chi connectivity index (χ1) is 11.3. The van der Waals surface area contributed by atoms with E-state index in [1.807, 2.05) is 32.0 Å². The molecule has 7 heteroatoms. The van der Waals surface area contributed by atoms with Crippen LogP contribution in [0.1, 0.15) is 11.1 Å². The highest BCUT2D eigenvalue weighted by molar-refractivity contribution is 5.95. The molecule has 130 valence electrons. The van der Waals surface area contributed by atoms with E-state index in [0.29, 0.717) is 13.1 Å². The number of aryl methyl sites for hydroxylation is 2. The van der Waals surface area contributed by atoms with Crippen molar-refractivity contribution in [2.24, 2.45) is 0 Å². The van der Waals surface area contributed by atoms with E-state index in [0.717, 1.165) is 16.8 Å². The van der Waals surface area contributed by atoms with Gasteiger partial charge in [-0.1, -0.05) is 12.1 Å². The molecule has 0 bridgehead atoms. The Bertz CT molecular complexity index is 645. The molecule has 1 heterocycles. The molecule has 1 aliphatic rings. The molecule has 0 radical (unpaired) electrons. The third-order valence-electron chi connectivity index (χ3n) is 3.95. The molecular formula is C17H24N4O3. The molecule has 0 aliphatic carbocycles. The first-order valence-corrected chi connectivity index (χ1v) is 7.95. The molecule has 3 amide bonds. The van der Waals surface area contributed by atoms with Gasteiger partial charge >= 0.3 is 0 Å². The lowest BCUT2D eigenvalue weighted by atomic mass is 10.1. The first kappa shape index (κ1) is 17.9. The summed E-state index contributed by atoms with van der Waals surface area (Å²) < 4.78 is 0. The summed E-state index contributed by atoms with van der Waals surface area (Å²) >= 11 is 0. The molecule has 1 fully saturated rings. The van der Waals surface area contributed by atoms with E-state index in [2.05, 4.69) is 10.6 Å². The van der Waals surface area contributed by atoms with Crippen LogP contribution in [0, 0.1) is 13.8 Å². The number of rotatable bonds is 5. The van der Waals surface area contributed by atoms with E-state index >= 15 is 0 Å². The predicted molar refractivity (Wildman–Crippen MR) is 91.6 cm³/mol. The van der Waals surface area contributed by atoms with Gasteiger partial charge in [-0.25, -0.2) is 0 Å². The second-order valence-electron chi connectivity index (χ2n) is 6.18. The predicted octanol–water partition coefficient (Wildman–Crippen LogP) is 0.132. The molecule has 1 saturated heterocycles. The average molecular weight is 332 g/mol. The SMILES string of the molecule is Cc1ccc(C)c(NC(=O)CN(C)C(=O)CN2CCNC(=O)C2)c1. The van der Waals surface area contributed by atoms with Crippen LogP contribution in [0.25, 0.3) is 0 Å². The van der Waals surface area contributed by atoms with Crippen LogP contribution in [0.3, 0.4) is 0 Å². The molecule has 7 nitrogen and oxygen atoms in total. The normalized spacial score (nSPS) is 14.9. The van der Waals surface area contributed by atoms with E-state index in [1.54, 1.807) is 11.9 Å². The Morgan fingerprint density at radius 2 is 2.08 bits per heavy atom. The molecular weight excluding hydrogens is 308 g/mol. The monoisotopic (exact) mass is 332 g/mol. The highest BCUT2D eigenvalue weighted by atomic mass is 16.2. The largest absolute Gasteiger partial charge is 0.354 e. The van der Waals surface area contributed by atoms with Crippen molar-refractivity contribution in [2.45, 2.75) is 13.8 Å². The number of amides is 3. The lowest BCUT2D eigenvalue weighted by Gasteiger charge is -2.27. The van der Waals surface area contributed by atoms with Crippen molar-refractivity contribution in [2.75, 3.05) is 45.1 Å². The van der Waals surface area contributed by atoms with Crippen LogP contribution in [0.5, 0.6) is 0 Å². The maximum atomic E-state index is 12.2. The third kappa shape index (κ3) is 5.06. The molecule has 24 heavy (non-hydrogen) atoms. The van der Waals surface area contributed by atoms with E-state index < -0.39 is 0 Å². The van der Waals surface area contributed by atoms with Crippen LogP contribution < -0.4 is 10.6 Å². The fourth-order valence-electron chi connectivity index (χ4n) is 2.50. The van der Waals surface area contributed by atoms with Gasteiger partial charge in [-0.3, -0.25) is 19.3 Å². The Kier molecular flexibility index (Phi) is 5.92. The number of hydrogen-bond acceptors (Lipinski definition) is 4. The quantitative estimate of drug-likeness (QED) is 0.803. The number of nitrogens with zero attached hydrogens (tertiary/aromatic N) is 2. The van der Waals surface area contributed by atoms with Crippen molar-refractivity contribution in [3.63, 3.8) is 0 Å². The number of piperazine rings is 1. The van der Waals surface area contributed by atoms with Crippen LogP contribution in [-0.4, -0.2) is 67.3 Å². The van der Waals surface area contributed by atoms with Gasteiger partial charge in [-0.2, -0.15) is 0 Å². The van der Waals surface area contributed by atoms with Crippen LogP contribution in [0.15, 0.2) is 18.2 Å². The molecule has 1 aromatic carbocycles. The Morgan fingerprint density at radius 3 is 2.79 bits per heavy atom. The average Bonchev–Trinajstić information content (AvgIpc) is 2.50. The second kappa shape index (κ2) is 7.92. The van der Waals surface area contributed by atoms with Gasteiger partial charge in [0.2, 0.25) is 17.7 Å². The maximum absolute atomic E-state index is 12.2. The van der Waals surface area contributed by atoms with Gasteiger partial charge in [0.15, 0.2) is 0 Å². The summed E-state index contributed by atoms with van der Waals surface area (Å²) in [7, 11) is 1.59. The van der Waals surface area contributed by atoms with Crippen molar-refractivity contribution < 1.29 is 14.4 Å². The van der Waals surface area contributed by atoms with Crippen LogP contribution in [0.4, 0.5) is 5.69 Å². The number of hydrogen-bond donors (Lipinski definition) is 2. The molecule has 1 aliphatic heterocycles. The lowest BCUT2D eigenvalue weighted by molar-refractivity contribution is -0.135. The van der Waals surface area contributed by atoms with E-state index in [9.17, 15) is 14.4 Å². The van der Waals surface area contributed by atoms with Gasteiger partial charge in [0.05, 0.1) is 19.6 Å². The van der Waals surface area contributed by atoms with Gasteiger partial charge in [0, 0.05) is 25.8 Å². The minimum atomic E-state index is -0.240. The van der Waals surface area contributed by atoms with Gasteiger partial charge < -0.3 is 15.5 Å². The third-order valence-corrected chi connectivity index (χ3v) is 3.95. The Hall–Kier alpha value is -2.41. The summed E-state index contributed by atoms with van der Waals surface area (Å²) in [6.07, 6.45) is 0. The number of nitrogens with one attached hydrogen (secondary N) is 2. The number of anilines is 1. The van der Waals surface area contributed by atoms with Gasteiger partial charge in [0.25, 0.3) is 0 Å². The molecule has 0 aromatic heterocycles. The van der Waals surface area contributed by atoms with Gasteiger partial charge in [-0.05, 0) is 31.0 Å². The van der Waals surface area contributed by atoms with E-state index in [-0.39, 0.29) is 37.4 Å². The highest BCUT2D eigenvalue weighted by Gasteiger charge is 2.21. The number of benzene rings is 1. The molecule has 0 atom stereocenters. The summed E-state index contributed by atoms with van der Waals surface area (Å²) in [4.78, 5) is 38.8. The topological polar surface area (TPSA) is 81.8 Å². The van der Waals surface area contributed by atoms with Crippen molar-refractivity contribution in [3.8, 4) is 0 Å². The van der Waals surface area contributed by atoms with E-state index in [4.69, 9.17) is 0 Å². The van der Waals surface area contributed by atoms with Crippen molar-refractivity contribution in [3.05, 3.63) is 29.3 Å². The summed E-state index contributed by atoms with van der Waals surface area (Å²) in [5, 5.41) is 5.55. The van der Waals surface area contributed by atoms with Crippen LogP contribution in [0.2, 0.25) is 0 Å². The summed E-state index contributed by atoms with van der Waals surface area (Å²) in [5.74, 6) is -0.499. The Balaban J connectivity index is 1.85.